The standard InChI is InChI=1S/C9H12ClN3O4/c1-17-6(15)2-4(14)8(16)7-9(10)13-5(11)3-12-7/h3-4,8,14,16H,2H2,1H3,(H2,11,13). The van der Waals surface area contributed by atoms with Crippen molar-refractivity contribution < 1.29 is 19.7 Å². The van der Waals surface area contributed by atoms with Gasteiger partial charge in [0.1, 0.15) is 17.6 Å². The highest BCUT2D eigenvalue weighted by atomic mass is 35.5. The fourth-order valence-corrected chi connectivity index (χ4v) is 1.39. The van der Waals surface area contributed by atoms with Crippen LogP contribution in [0, 0.1) is 0 Å². The van der Waals surface area contributed by atoms with Gasteiger partial charge in [-0.05, 0) is 0 Å². The number of hydrogen-bond acceptors (Lipinski definition) is 7. The molecule has 1 heterocycles. The minimum atomic E-state index is -1.44. The molecule has 8 heteroatoms. The van der Waals surface area contributed by atoms with Crippen LogP contribution in [0.1, 0.15) is 18.2 Å². The second kappa shape index (κ2) is 5.76. The number of nitrogen functional groups attached to an aromatic ring is 1. The maximum Gasteiger partial charge on any atom is 0.308 e. The van der Waals surface area contributed by atoms with Crippen molar-refractivity contribution in [2.75, 3.05) is 12.8 Å². The topological polar surface area (TPSA) is 119 Å². The molecular weight excluding hydrogens is 250 g/mol. The molecule has 1 aromatic rings. The molecule has 0 spiro atoms. The molecule has 0 aliphatic carbocycles. The molecule has 0 radical (unpaired) electrons. The number of nitrogens with zero attached hydrogens (tertiary/aromatic N) is 2. The number of rotatable bonds is 4. The molecule has 0 amide bonds. The summed E-state index contributed by atoms with van der Waals surface area (Å²) in [5, 5.41) is 19.2. The zero-order valence-electron chi connectivity index (χ0n) is 9.00. The van der Waals surface area contributed by atoms with Crippen LogP contribution in [-0.2, 0) is 9.53 Å². The van der Waals surface area contributed by atoms with Crippen molar-refractivity contribution >= 4 is 23.4 Å². The van der Waals surface area contributed by atoms with E-state index in [1.165, 1.54) is 13.3 Å². The highest BCUT2D eigenvalue weighted by Gasteiger charge is 2.25. The van der Waals surface area contributed by atoms with Crippen molar-refractivity contribution in [2.24, 2.45) is 0 Å². The number of methoxy groups -OCH3 is 1. The summed E-state index contributed by atoms with van der Waals surface area (Å²) in [6, 6.07) is 0. The number of aliphatic hydroxyl groups excluding tert-OH is 2. The van der Waals surface area contributed by atoms with Gasteiger partial charge in [-0.1, -0.05) is 11.6 Å². The summed E-state index contributed by atoms with van der Waals surface area (Å²) in [7, 11) is 1.18. The highest BCUT2D eigenvalue weighted by molar-refractivity contribution is 6.30. The van der Waals surface area contributed by atoms with E-state index in [-0.39, 0.29) is 23.1 Å². The molecule has 0 bridgehead atoms. The van der Waals surface area contributed by atoms with E-state index in [2.05, 4.69) is 14.7 Å². The van der Waals surface area contributed by atoms with Gasteiger partial charge in [-0.25, -0.2) is 4.98 Å². The van der Waals surface area contributed by atoms with Gasteiger partial charge in [0.25, 0.3) is 0 Å². The number of anilines is 1. The Hall–Kier alpha value is -1.44. The Morgan fingerprint density at radius 1 is 1.65 bits per heavy atom. The van der Waals surface area contributed by atoms with Crippen LogP contribution in [0.3, 0.4) is 0 Å². The monoisotopic (exact) mass is 261 g/mol. The first-order valence-corrected chi connectivity index (χ1v) is 5.04. The van der Waals surface area contributed by atoms with Crippen molar-refractivity contribution in [2.45, 2.75) is 18.6 Å². The van der Waals surface area contributed by atoms with E-state index >= 15 is 0 Å². The predicted molar refractivity (Wildman–Crippen MR) is 59.1 cm³/mol. The van der Waals surface area contributed by atoms with Gasteiger partial charge in [0.05, 0.1) is 25.8 Å². The summed E-state index contributed by atoms with van der Waals surface area (Å²) in [6.45, 7) is 0. The lowest BCUT2D eigenvalue weighted by atomic mass is 10.1. The second-order valence-corrected chi connectivity index (χ2v) is 3.62. The molecule has 17 heavy (non-hydrogen) atoms. The molecule has 1 aromatic heterocycles. The lowest BCUT2D eigenvalue weighted by molar-refractivity contribution is -0.144. The zero-order chi connectivity index (χ0) is 13.0. The van der Waals surface area contributed by atoms with Crippen LogP contribution in [0.5, 0.6) is 0 Å². The molecule has 2 unspecified atom stereocenters. The fraction of sp³-hybridized carbons (Fsp3) is 0.444. The molecule has 94 valence electrons. The van der Waals surface area contributed by atoms with Gasteiger partial charge in [-0.15, -0.1) is 0 Å². The van der Waals surface area contributed by atoms with Crippen LogP contribution in [0.2, 0.25) is 5.15 Å². The van der Waals surface area contributed by atoms with Crippen LogP contribution >= 0.6 is 11.6 Å². The summed E-state index contributed by atoms with van der Waals surface area (Å²) < 4.78 is 4.36. The Morgan fingerprint density at radius 2 is 2.29 bits per heavy atom. The summed E-state index contributed by atoms with van der Waals surface area (Å²) in [4.78, 5) is 18.3. The second-order valence-electron chi connectivity index (χ2n) is 3.26. The van der Waals surface area contributed by atoms with Gasteiger partial charge in [0, 0.05) is 0 Å². The molecule has 0 saturated carbocycles. The fourth-order valence-electron chi connectivity index (χ4n) is 1.13. The average molecular weight is 262 g/mol. The Morgan fingerprint density at radius 3 is 2.82 bits per heavy atom. The molecule has 7 nitrogen and oxygen atoms in total. The first kappa shape index (κ1) is 13.6. The predicted octanol–water partition coefficient (Wildman–Crippen LogP) is -0.330. The van der Waals surface area contributed by atoms with Gasteiger partial charge in [-0.3, -0.25) is 9.78 Å². The number of aliphatic hydroxyl groups is 2. The van der Waals surface area contributed by atoms with Gasteiger partial charge >= 0.3 is 5.97 Å². The largest absolute Gasteiger partial charge is 0.469 e. The van der Waals surface area contributed by atoms with Gasteiger partial charge in [0.15, 0.2) is 5.15 Å². The van der Waals surface area contributed by atoms with Crippen molar-refractivity contribution in [3.05, 3.63) is 17.0 Å². The molecule has 1 rings (SSSR count). The van der Waals surface area contributed by atoms with E-state index in [0.717, 1.165) is 0 Å². The van der Waals surface area contributed by atoms with Gasteiger partial charge < -0.3 is 20.7 Å². The minimum Gasteiger partial charge on any atom is -0.469 e. The van der Waals surface area contributed by atoms with Crippen molar-refractivity contribution in [1.82, 2.24) is 9.97 Å². The lowest BCUT2D eigenvalue weighted by Crippen LogP contribution is -2.24. The van der Waals surface area contributed by atoms with E-state index < -0.39 is 18.2 Å². The van der Waals surface area contributed by atoms with Crippen LogP contribution in [0.25, 0.3) is 0 Å². The lowest BCUT2D eigenvalue weighted by Gasteiger charge is -2.16. The third kappa shape index (κ3) is 3.52. The van der Waals surface area contributed by atoms with Crippen molar-refractivity contribution in [3.8, 4) is 0 Å². The molecular formula is C9H12ClN3O4. The third-order valence-electron chi connectivity index (χ3n) is 2.02. The number of esters is 1. The summed E-state index contributed by atoms with van der Waals surface area (Å²) >= 11 is 5.70. The normalized spacial score (nSPS) is 14.1. The third-order valence-corrected chi connectivity index (χ3v) is 2.30. The Kier molecular flexibility index (Phi) is 4.62. The smallest absolute Gasteiger partial charge is 0.308 e. The molecule has 0 fully saturated rings. The van der Waals surface area contributed by atoms with Crippen LogP contribution in [-0.4, -0.2) is 39.4 Å². The molecule has 0 saturated heterocycles. The van der Waals surface area contributed by atoms with Crippen molar-refractivity contribution in [3.63, 3.8) is 0 Å². The number of halogens is 1. The first-order chi connectivity index (χ1) is 7.95. The SMILES string of the molecule is COC(=O)CC(O)C(O)c1ncc(N)nc1Cl. The molecule has 0 aliphatic heterocycles. The number of carbonyl (C=O) groups excluding carboxylic acids is 1. The van der Waals surface area contributed by atoms with Crippen LogP contribution in [0.4, 0.5) is 5.82 Å². The molecule has 0 aliphatic rings. The summed E-state index contributed by atoms with van der Waals surface area (Å²) in [6.07, 6.45) is -2.00. The molecule has 2 atom stereocenters. The Labute approximate surface area is 102 Å². The minimum absolute atomic E-state index is 0.0442. The first-order valence-electron chi connectivity index (χ1n) is 4.66. The van der Waals surface area contributed by atoms with Crippen molar-refractivity contribution in [1.29, 1.82) is 0 Å². The number of nitrogens with two attached hydrogens (primary N) is 1. The van der Waals surface area contributed by atoms with Crippen LogP contribution < -0.4 is 5.73 Å². The quantitative estimate of drug-likeness (QED) is 0.635. The van der Waals surface area contributed by atoms with E-state index in [9.17, 15) is 15.0 Å². The summed E-state index contributed by atoms with van der Waals surface area (Å²) in [5.41, 5.74) is 5.29. The maximum atomic E-state index is 10.9. The average Bonchev–Trinajstić information content (AvgIpc) is 2.28. The molecule has 4 N–H and O–H groups in total. The summed E-state index contributed by atoms with van der Waals surface area (Å²) in [5.74, 6) is -0.565. The number of hydrogen-bond donors (Lipinski definition) is 3. The van der Waals surface area contributed by atoms with Crippen LogP contribution in [0.15, 0.2) is 6.20 Å². The van der Waals surface area contributed by atoms with E-state index in [1.807, 2.05) is 0 Å². The Bertz CT molecular complexity index is 415. The van der Waals surface area contributed by atoms with Gasteiger partial charge in [-0.2, -0.15) is 0 Å². The van der Waals surface area contributed by atoms with E-state index in [1.54, 1.807) is 0 Å². The van der Waals surface area contributed by atoms with Gasteiger partial charge in [0.2, 0.25) is 0 Å². The number of aromatic nitrogens is 2. The van der Waals surface area contributed by atoms with E-state index in [0.29, 0.717) is 0 Å². The number of carbonyl (C=O) groups is 1. The zero-order valence-corrected chi connectivity index (χ0v) is 9.76. The molecule has 0 aromatic carbocycles. The number of ether oxygens (including phenoxy) is 1. The van der Waals surface area contributed by atoms with E-state index in [4.69, 9.17) is 17.3 Å². The Balaban J connectivity index is 2.81. The maximum absolute atomic E-state index is 10.9. The highest BCUT2D eigenvalue weighted by Crippen LogP contribution is 2.23.